The van der Waals surface area contributed by atoms with Crippen LogP contribution in [0.1, 0.15) is 0 Å². The highest BCUT2D eigenvalue weighted by Crippen LogP contribution is 2.30. The Morgan fingerprint density at radius 1 is 1.16 bits per heavy atom. The summed E-state index contributed by atoms with van der Waals surface area (Å²) in [5.74, 6) is 0.923. The van der Waals surface area contributed by atoms with Gasteiger partial charge in [0.2, 0.25) is 0 Å². The van der Waals surface area contributed by atoms with Gasteiger partial charge in [0.25, 0.3) is 0 Å². The van der Waals surface area contributed by atoms with Gasteiger partial charge in [0.15, 0.2) is 0 Å². The number of hydrogen-bond acceptors (Lipinski definition) is 5. The first-order valence-corrected chi connectivity index (χ1v) is 8.28. The normalized spacial score (nSPS) is 13.1. The molecule has 2 N–H and O–H groups in total. The first-order chi connectivity index (χ1) is 9.25. The van der Waals surface area contributed by atoms with Gasteiger partial charge in [-0.05, 0) is 23.2 Å². The average Bonchev–Trinajstić information content (AvgIpc) is 2.36. The molecular weight excluding hydrogens is 279 g/mol. The van der Waals surface area contributed by atoms with E-state index in [0.717, 1.165) is 17.3 Å². The summed E-state index contributed by atoms with van der Waals surface area (Å²) in [5.41, 5.74) is 1.76. The minimum Gasteiger partial charge on any atom is -0.423 e. The SMILES string of the molecule is OB(O)c1ccc(SSCCOCC2=CC=C2)cc1. The number of rotatable bonds is 8. The van der Waals surface area contributed by atoms with Gasteiger partial charge in [-0.2, -0.15) is 0 Å². The Morgan fingerprint density at radius 2 is 1.89 bits per heavy atom. The smallest absolute Gasteiger partial charge is 0.423 e. The molecule has 0 saturated heterocycles. The molecule has 100 valence electrons. The third kappa shape index (κ3) is 5.08. The molecule has 0 aromatic heterocycles. The highest BCUT2D eigenvalue weighted by Gasteiger charge is 2.09. The number of allylic oxidation sites excluding steroid dienone is 2. The summed E-state index contributed by atoms with van der Waals surface area (Å²) in [5, 5.41) is 18.0. The maximum absolute atomic E-state index is 8.98. The Kier molecular flexibility index (Phi) is 6.07. The second-order valence-corrected chi connectivity index (χ2v) is 6.49. The number of ether oxygens (including phenoxy) is 1. The monoisotopic (exact) mass is 294 g/mol. The van der Waals surface area contributed by atoms with Crippen molar-refractivity contribution in [1.82, 2.24) is 0 Å². The molecule has 1 aromatic carbocycles. The van der Waals surface area contributed by atoms with Crippen LogP contribution in [0.3, 0.4) is 0 Å². The lowest BCUT2D eigenvalue weighted by atomic mass is 9.81. The maximum atomic E-state index is 8.98. The van der Waals surface area contributed by atoms with Crippen molar-refractivity contribution in [3.05, 3.63) is 48.1 Å². The van der Waals surface area contributed by atoms with Crippen molar-refractivity contribution < 1.29 is 14.8 Å². The van der Waals surface area contributed by atoms with Crippen molar-refractivity contribution in [2.45, 2.75) is 4.90 Å². The molecule has 0 radical (unpaired) electrons. The summed E-state index contributed by atoms with van der Waals surface area (Å²) in [7, 11) is 2.00. The van der Waals surface area contributed by atoms with Crippen LogP contribution in [0.4, 0.5) is 0 Å². The highest BCUT2D eigenvalue weighted by atomic mass is 33.1. The van der Waals surface area contributed by atoms with Crippen LogP contribution in [0.2, 0.25) is 0 Å². The van der Waals surface area contributed by atoms with Gasteiger partial charge in [-0.25, -0.2) is 0 Å². The van der Waals surface area contributed by atoms with Gasteiger partial charge in [0.05, 0.1) is 13.2 Å². The van der Waals surface area contributed by atoms with Gasteiger partial charge in [-0.15, -0.1) is 0 Å². The van der Waals surface area contributed by atoms with Crippen LogP contribution in [-0.4, -0.2) is 36.1 Å². The molecule has 0 saturated carbocycles. The van der Waals surface area contributed by atoms with Crippen LogP contribution in [0, 0.1) is 0 Å². The van der Waals surface area contributed by atoms with Gasteiger partial charge in [0, 0.05) is 10.6 Å². The molecule has 1 aromatic rings. The lowest BCUT2D eigenvalue weighted by Crippen LogP contribution is -2.29. The third-order valence-electron chi connectivity index (χ3n) is 2.53. The summed E-state index contributed by atoms with van der Waals surface area (Å²) in [6.45, 7) is 1.43. The molecule has 1 aliphatic carbocycles. The van der Waals surface area contributed by atoms with Crippen molar-refractivity contribution in [2.75, 3.05) is 19.0 Å². The zero-order chi connectivity index (χ0) is 13.5. The minimum atomic E-state index is -1.39. The Bertz CT molecular complexity index is 457. The highest BCUT2D eigenvalue weighted by molar-refractivity contribution is 8.76. The van der Waals surface area contributed by atoms with E-state index in [1.807, 2.05) is 18.2 Å². The van der Waals surface area contributed by atoms with E-state index < -0.39 is 7.12 Å². The quantitative estimate of drug-likeness (QED) is 0.433. The zero-order valence-corrected chi connectivity index (χ0v) is 12.0. The van der Waals surface area contributed by atoms with Gasteiger partial charge >= 0.3 is 7.12 Å². The van der Waals surface area contributed by atoms with E-state index in [0.29, 0.717) is 12.1 Å². The van der Waals surface area contributed by atoms with E-state index in [-0.39, 0.29) is 0 Å². The first kappa shape index (κ1) is 14.7. The Labute approximate surface area is 121 Å². The number of hydrogen-bond donors (Lipinski definition) is 2. The van der Waals surface area contributed by atoms with Crippen molar-refractivity contribution >= 4 is 34.2 Å². The second kappa shape index (κ2) is 7.82. The predicted molar refractivity (Wildman–Crippen MR) is 82.6 cm³/mol. The fourth-order valence-corrected chi connectivity index (χ4v) is 3.26. The molecule has 3 nitrogen and oxygen atoms in total. The molecule has 0 aliphatic heterocycles. The molecule has 0 fully saturated rings. The van der Waals surface area contributed by atoms with E-state index in [2.05, 4.69) is 12.2 Å². The van der Waals surface area contributed by atoms with Crippen LogP contribution in [-0.2, 0) is 4.74 Å². The van der Waals surface area contributed by atoms with Crippen molar-refractivity contribution in [3.8, 4) is 0 Å². The molecule has 1 aliphatic rings. The Balaban J connectivity index is 1.57. The number of benzene rings is 1. The average molecular weight is 294 g/mol. The van der Waals surface area contributed by atoms with E-state index in [1.165, 1.54) is 5.57 Å². The molecule has 0 bridgehead atoms. The van der Waals surface area contributed by atoms with Crippen LogP contribution in [0.15, 0.2) is 53.0 Å². The molecule has 0 atom stereocenters. The molecule has 2 rings (SSSR count). The van der Waals surface area contributed by atoms with Crippen LogP contribution in [0.25, 0.3) is 0 Å². The summed E-state index contributed by atoms with van der Waals surface area (Å²) in [6.07, 6.45) is 6.12. The molecular formula is C13H15BO3S2. The predicted octanol–water partition coefficient (Wildman–Crippen LogP) is 1.62. The maximum Gasteiger partial charge on any atom is 0.488 e. The first-order valence-electron chi connectivity index (χ1n) is 5.96. The minimum absolute atomic E-state index is 0.513. The lowest BCUT2D eigenvalue weighted by Gasteiger charge is -2.08. The summed E-state index contributed by atoms with van der Waals surface area (Å²) in [4.78, 5) is 1.10. The van der Waals surface area contributed by atoms with Crippen LogP contribution < -0.4 is 5.46 Å². The fraction of sp³-hybridized carbons (Fsp3) is 0.231. The van der Waals surface area contributed by atoms with Gasteiger partial charge in [-0.1, -0.05) is 51.9 Å². The largest absolute Gasteiger partial charge is 0.488 e. The van der Waals surface area contributed by atoms with Crippen molar-refractivity contribution in [2.24, 2.45) is 0 Å². The topological polar surface area (TPSA) is 49.7 Å². The van der Waals surface area contributed by atoms with Crippen LogP contribution >= 0.6 is 21.6 Å². The van der Waals surface area contributed by atoms with Crippen molar-refractivity contribution in [1.29, 1.82) is 0 Å². The molecule has 0 heterocycles. The Morgan fingerprint density at radius 3 is 2.47 bits per heavy atom. The van der Waals surface area contributed by atoms with E-state index in [4.69, 9.17) is 14.8 Å². The van der Waals surface area contributed by atoms with Gasteiger partial charge in [0.1, 0.15) is 0 Å². The fourth-order valence-electron chi connectivity index (χ4n) is 1.42. The molecule has 19 heavy (non-hydrogen) atoms. The lowest BCUT2D eigenvalue weighted by molar-refractivity contribution is 0.175. The van der Waals surface area contributed by atoms with Gasteiger partial charge < -0.3 is 14.8 Å². The Hall–Kier alpha value is -0.655. The molecule has 6 heteroatoms. The second-order valence-electron chi connectivity index (χ2n) is 4.00. The van der Waals surface area contributed by atoms with E-state index >= 15 is 0 Å². The summed E-state index contributed by atoms with van der Waals surface area (Å²) < 4.78 is 5.51. The molecule has 0 amide bonds. The van der Waals surface area contributed by atoms with Crippen LogP contribution in [0.5, 0.6) is 0 Å². The van der Waals surface area contributed by atoms with E-state index in [1.54, 1.807) is 33.7 Å². The molecule has 0 spiro atoms. The standard InChI is InChI=1S/C13H15BO3S2/c15-14(16)12-4-6-13(7-5-12)19-18-9-8-17-10-11-2-1-3-11/h1-7,15-16H,8-10H2. The third-order valence-corrected chi connectivity index (χ3v) is 4.88. The summed E-state index contributed by atoms with van der Waals surface area (Å²) >= 11 is 0. The van der Waals surface area contributed by atoms with Gasteiger partial charge in [-0.3, -0.25) is 0 Å². The van der Waals surface area contributed by atoms with E-state index in [9.17, 15) is 0 Å². The zero-order valence-electron chi connectivity index (χ0n) is 10.4. The summed E-state index contributed by atoms with van der Waals surface area (Å²) in [6, 6.07) is 7.22. The van der Waals surface area contributed by atoms with Crippen molar-refractivity contribution in [3.63, 3.8) is 0 Å². The molecule has 0 unspecified atom stereocenters.